The highest BCUT2D eigenvalue weighted by atomic mass is 32.2. The van der Waals surface area contributed by atoms with Gasteiger partial charge in [-0.25, -0.2) is 8.42 Å². The molecule has 0 bridgehead atoms. The summed E-state index contributed by atoms with van der Waals surface area (Å²) in [7, 11) is -3.63. The van der Waals surface area contributed by atoms with Crippen molar-refractivity contribution in [3.05, 3.63) is 47.5 Å². The molecule has 2 aliphatic rings. The van der Waals surface area contributed by atoms with E-state index < -0.39 is 10.0 Å². The van der Waals surface area contributed by atoms with Gasteiger partial charge in [-0.15, -0.1) is 0 Å². The Kier molecular flexibility index (Phi) is 4.65. The molecule has 0 aliphatic carbocycles. The summed E-state index contributed by atoms with van der Waals surface area (Å²) >= 11 is 0. The number of anilines is 1. The van der Waals surface area contributed by atoms with E-state index >= 15 is 0 Å². The molecule has 1 N–H and O–H groups in total. The van der Waals surface area contributed by atoms with Gasteiger partial charge in [0.1, 0.15) is 5.75 Å². The average molecular weight is 386 g/mol. The van der Waals surface area contributed by atoms with Gasteiger partial charge in [-0.05, 0) is 55.7 Å². The van der Waals surface area contributed by atoms with E-state index in [1.54, 1.807) is 12.1 Å². The van der Waals surface area contributed by atoms with Crippen LogP contribution in [-0.2, 0) is 10.0 Å². The molecule has 2 heterocycles. The Hall–Kier alpha value is -2.38. The van der Waals surface area contributed by atoms with Crippen LogP contribution >= 0.6 is 0 Å². The van der Waals surface area contributed by atoms with Crippen molar-refractivity contribution in [3.63, 3.8) is 0 Å². The second-order valence-corrected chi connectivity index (χ2v) is 8.97. The molecule has 1 saturated heterocycles. The fourth-order valence-corrected chi connectivity index (χ4v) is 5.04. The first-order valence-electron chi connectivity index (χ1n) is 9.19. The van der Waals surface area contributed by atoms with E-state index in [0.717, 1.165) is 31.2 Å². The maximum absolute atomic E-state index is 13.0. The average Bonchev–Trinajstić information content (AvgIpc) is 2.99. The van der Waals surface area contributed by atoms with Crippen LogP contribution in [0, 0.1) is 6.92 Å². The summed E-state index contributed by atoms with van der Waals surface area (Å²) in [5, 5.41) is 2.80. The van der Waals surface area contributed by atoms with Crippen molar-refractivity contribution < 1.29 is 17.9 Å². The Morgan fingerprint density at radius 2 is 1.70 bits per heavy atom. The summed E-state index contributed by atoms with van der Waals surface area (Å²) < 4.78 is 33.5. The normalized spacial score (nSPS) is 17.7. The molecular weight excluding hydrogens is 364 g/mol. The molecule has 0 atom stereocenters. The molecule has 2 aliphatic heterocycles. The van der Waals surface area contributed by atoms with Crippen molar-refractivity contribution in [1.82, 2.24) is 4.31 Å². The lowest BCUT2D eigenvalue weighted by Crippen LogP contribution is -2.32. The van der Waals surface area contributed by atoms with Crippen LogP contribution in [0.1, 0.15) is 41.6 Å². The van der Waals surface area contributed by atoms with E-state index in [1.807, 2.05) is 19.1 Å². The van der Waals surface area contributed by atoms with Crippen LogP contribution in [0.4, 0.5) is 5.69 Å². The van der Waals surface area contributed by atoms with E-state index in [1.165, 1.54) is 16.4 Å². The van der Waals surface area contributed by atoms with E-state index in [4.69, 9.17) is 4.74 Å². The molecule has 1 fully saturated rings. The number of hydrogen-bond donors (Lipinski definition) is 1. The van der Waals surface area contributed by atoms with Gasteiger partial charge in [0, 0.05) is 13.1 Å². The smallest absolute Gasteiger partial charge is 0.259 e. The number of benzene rings is 2. The molecule has 2 aromatic rings. The Labute approximate surface area is 159 Å². The first kappa shape index (κ1) is 18.0. The number of carbonyl (C=O) groups excluding carboxylic acids is 1. The fourth-order valence-electron chi connectivity index (χ4n) is 3.49. The first-order valence-corrected chi connectivity index (χ1v) is 10.6. The van der Waals surface area contributed by atoms with Crippen LogP contribution in [0.25, 0.3) is 0 Å². The number of sulfonamides is 1. The lowest BCUT2D eigenvalue weighted by molar-refractivity contribution is 0.102. The molecule has 4 rings (SSSR count). The number of nitrogens with one attached hydrogen (secondary N) is 1. The standard InChI is InChI=1S/C20H22N2O4S/c1-14-6-8-17-19(12-14)26-18-9-7-15(13-16(18)20(23)21-17)27(24,25)22-10-4-2-3-5-11-22/h6-9,12-13H,2-5,10-11H2,1H3,(H,21,23). The van der Waals surface area contributed by atoms with Gasteiger partial charge < -0.3 is 10.1 Å². The Morgan fingerprint density at radius 1 is 0.963 bits per heavy atom. The van der Waals surface area contributed by atoms with Crippen LogP contribution in [0.5, 0.6) is 11.5 Å². The van der Waals surface area contributed by atoms with Crippen LogP contribution in [0.15, 0.2) is 41.3 Å². The van der Waals surface area contributed by atoms with Crippen LogP contribution < -0.4 is 10.1 Å². The zero-order chi connectivity index (χ0) is 19.0. The second-order valence-electron chi connectivity index (χ2n) is 7.03. The molecule has 0 saturated carbocycles. The van der Waals surface area contributed by atoms with E-state index in [0.29, 0.717) is 30.3 Å². The minimum absolute atomic E-state index is 0.129. The number of fused-ring (bicyclic) bond motifs is 2. The number of carbonyl (C=O) groups is 1. The Bertz CT molecular complexity index is 993. The predicted octanol–water partition coefficient (Wildman–Crippen LogP) is 3.92. The van der Waals surface area contributed by atoms with E-state index in [-0.39, 0.29) is 16.4 Å². The summed E-state index contributed by atoms with van der Waals surface area (Å²) in [5.74, 6) is 0.525. The van der Waals surface area contributed by atoms with Gasteiger partial charge in [-0.2, -0.15) is 4.31 Å². The largest absolute Gasteiger partial charge is 0.454 e. The topological polar surface area (TPSA) is 75.7 Å². The van der Waals surface area contributed by atoms with Gasteiger partial charge in [0.2, 0.25) is 10.0 Å². The maximum atomic E-state index is 13.0. The van der Waals surface area contributed by atoms with Crippen molar-refractivity contribution in [3.8, 4) is 11.5 Å². The summed E-state index contributed by atoms with van der Waals surface area (Å²) in [6.45, 7) is 2.98. The molecule has 0 radical (unpaired) electrons. The number of nitrogens with zero attached hydrogens (tertiary/aromatic N) is 1. The third-order valence-electron chi connectivity index (χ3n) is 5.00. The highest BCUT2D eigenvalue weighted by Gasteiger charge is 2.28. The van der Waals surface area contributed by atoms with Crippen LogP contribution in [0.2, 0.25) is 0 Å². The Balaban J connectivity index is 1.71. The summed E-state index contributed by atoms with van der Waals surface area (Å²) in [6, 6.07) is 10.0. The molecule has 2 aromatic carbocycles. The number of rotatable bonds is 2. The van der Waals surface area contributed by atoms with Gasteiger partial charge in [0.15, 0.2) is 5.75 Å². The highest BCUT2D eigenvalue weighted by molar-refractivity contribution is 7.89. The van der Waals surface area contributed by atoms with Crippen molar-refractivity contribution in [2.75, 3.05) is 18.4 Å². The maximum Gasteiger partial charge on any atom is 0.259 e. The quantitative estimate of drug-likeness (QED) is 0.849. The van der Waals surface area contributed by atoms with Crippen molar-refractivity contribution >= 4 is 21.6 Å². The lowest BCUT2D eigenvalue weighted by Gasteiger charge is -2.20. The summed E-state index contributed by atoms with van der Waals surface area (Å²) in [4.78, 5) is 12.8. The zero-order valence-corrected chi connectivity index (χ0v) is 16.0. The predicted molar refractivity (Wildman–Crippen MR) is 103 cm³/mol. The van der Waals surface area contributed by atoms with Gasteiger partial charge in [0.25, 0.3) is 5.91 Å². The highest BCUT2D eigenvalue weighted by Crippen LogP contribution is 2.37. The Morgan fingerprint density at radius 3 is 2.44 bits per heavy atom. The molecule has 142 valence electrons. The fraction of sp³-hybridized carbons (Fsp3) is 0.350. The number of amides is 1. The molecule has 27 heavy (non-hydrogen) atoms. The zero-order valence-electron chi connectivity index (χ0n) is 15.2. The van der Waals surface area contributed by atoms with Gasteiger partial charge >= 0.3 is 0 Å². The minimum Gasteiger partial charge on any atom is -0.454 e. The molecule has 0 unspecified atom stereocenters. The molecule has 7 heteroatoms. The van der Waals surface area contributed by atoms with Gasteiger partial charge in [-0.1, -0.05) is 18.9 Å². The van der Waals surface area contributed by atoms with Crippen LogP contribution in [0.3, 0.4) is 0 Å². The molecule has 6 nitrogen and oxygen atoms in total. The van der Waals surface area contributed by atoms with Crippen LogP contribution in [-0.4, -0.2) is 31.7 Å². The molecule has 1 amide bonds. The van der Waals surface area contributed by atoms with E-state index in [9.17, 15) is 13.2 Å². The minimum atomic E-state index is -3.63. The number of aryl methyl sites for hydroxylation is 1. The van der Waals surface area contributed by atoms with Crippen molar-refractivity contribution in [1.29, 1.82) is 0 Å². The third-order valence-corrected chi connectivity index (χ3v) is 6.90. The van der Waals surface area contributed by atoms with Gasteiger partial charge in [-0.3, -0.25) is 4.79 Å². The third kappa shape index (κ3) is 3.44. The van der Waals surface area contributed by atoms with Gasteiger partial charge in [0.05, 0.1) is 16.1 Å². The summed E-state index contributed by atoms with van der Waals surface area (Å²) in [6.07, 6.45) is 3.82. The first-order chi connectivity index (χ1) is 12.9. The van der Waals surface area contributed by atoms with Crippen molar-refractivity contribution in [2.24, 2.45) is 0 Å². The SMILES string of the molecule is Cc1ccc2c(c1)Oc1ccc(S(=O)(=O)N3CCCCCC3)cc1C(=O)N2. The summed E-state index contributed by atoms with van der Waals surface area (Å²) in [5.41, 5.74) is 1.80. The molecule has 0 spiro atoms. The number of hydrogen-bond acceptors (Lipinski definition) is 4. The monoisotopic (exact) mass is 386 g/mol. The lowest BCUT2D eigenvalue weighted by atomic mass is 10.2. The molecular formula is C20H22N2O4S. The number of ether oxygens (including phenoxy) is 1. The second kappa shape index (κ2) is 6.98. The van der Waals surface area contributed by atoms with E-state index in [2.05, 4.69) is 5.32 Å². The molecule has 0 aromatic heterocycles. The van der Waals surface area contributed by atoms with Crippen molar-refractivity contribution in [2.45, 2.75) is 37.5 Å².